The summed E-state index contributed by atoms with van der Waals surface area (Å²) in [6.07, 6.45) is 2.16. The van der Waals surface area contributed by atoms with Crippen molar-refractivity contribution in [3.63, 3.8) is 0 Å². The monoisotopic (exact) mass is 296 g/mol. The highest BCUT2D eigenvalue weighted by atomic mass is 14.9. The molecule has 2 heteroatoms. The van der Waals surface area contributed by atoms with E-state index in [1.54, 1.807) is 0 Å². The molecule has 0 amide bonds. The molecule has 0 unspecified atom stereocenters. The second-order valence-corrected chi connectivity index (χ2v) is 5.99. The van der Waals surface area contributed by atoms with Crippen molar-refractivity contribution in [2.45, 2.75) is 13.8 Å². The summed E-state index contributed by atoms with van der Waals surface area (Å²) in [5, 5.41) is 11.8. The fraction of sp³-hybridized carbons (Fsp3) is 0.0952. The molecule has 0 radical (unpaired) electrons. The van der Waals surface area contributed by atoms with Crippen LogP contribution in [0.4, 0.5) is 0 Å². The Hall–Kier alpha value is -3.05. The normalized spacial score (nSPS) is 11.0. The standard InChI is InChI=1S/C21H16N2/c1-14-8-9-18-19(10-14)20(16-6-4-3-5-7-16)13-23-15(2)11-17(12-22)21(18)23/h3-11,13H,1-2H3. The van der Waals surface area contributed by atoms with Gasteiger partial charge in [0.2, 0.25) is 0 Å². The molecule has 4 rings (SSSR count). The molecular weight excluding hydrogens is 280 g/mol. The molecule has 0 bridgehead atoms. The van der Waals surface area contributed by atoms with Gasteiger partial charge in [0.1, 0.15) is 6.07 Å². The summed E-state index contributed by atoms with van der Waals surface area (Å²) in [7, 11) is 0. The van der Waals surface area contributed by atoms with E-state index in [0.29, 0.717) is 0 Å². The van der Waals surface area contributed by atoms with Crippen LogP contribution in [0, 0.1) is 25.2 Å². The van der Waals surface area contributed by atoms with Gasteiger partial charge in [0.05, 0.1) is 11.1 Å². The molecule has 0 spiro atoms. The summed E-state index contributed by atoms with van der Waals surface area (Å²) in [4.78, 5) is 0. The molecule has 2 aromatic heterocycles. The number of pyridine rings is 1. The van der Waals surface area contributed by atoms with Crippen LogP contribution in [0.3, 0.4) is 0 Å². The number of aromatic nitrogens is 1. The third-order valence-electron chi connectivity index (χ3n) is 4.41. The molecule has 110 valence electrons. The van der Waals surface area contributed by atoms with E-state index in [4.69, 9.17) is 0 Å². The molecule has 0 fully saturated rings. The summed E-state index contributed by atoms with van der Waals surface area (Å²) in [6.45, 7) is 4.15. The van der Waals surface area contributed by atoms with E-state index < -0.39 is 0 Å². The summed E-state index contributed by atoms with van der Waals surface area (Å²) >= 11 is 0. The third kappa shape index (κ3) is 2.02. The minimum absolute atomic E-state index is 0.732. The third-order valence-corrected chi connectivity index (χ3v) is 4.41. The minimum Gasteiger partial charge on any atom is -0.319 e. The van der Waals surface area contributed by atoms with E-state index in [0.717, 1.165) is 22.2 Å². The molecule has 23 heavy (non-hydrogen) atoms. The van der Waals surface area contributed by atoms with Crippen LogP contribution >= 0.6 is 0 Å². The number of nitriles is 1. The van der Waals surface area contributed by atoms with Crippen molar-refractivity contribution >= 4 is 16.3 Å². The molecule has 2 nitrogen and oxygen atoms in total. The number of hydrogen-bond donors (Lipinski definition) is 0. The number of hydrogen-bond acceptors (Lipinski definition) is 1. The van der Waals surface area contributed by atoms with Gasteiger partial charge in [-0.1, -0.05) is 54.1 Å². The van der Waals surface area contributed by atoms with Crippen LogP contribution in [-0.4, -0.2) is 4.40 Å². The first-order chi connectivity index (χ1) is 11.2. The number of aryl methyl sites for hydroxylation is 2. The molecule has 0 atom stereocenters. The number of nitrogens with zero attached hydrogens (tertiary/aromatic N) is 2. The van der Waals surface area contributed by atoms with Gasteiger partial charge in [-0.05, 0) is 30.9 Å². The van der Waals surface area contributed by atoms with Crippen LogP contribution in [0.25, 0.3) is 27.4 Å². The zero-order valence-electron chi connectivity index (χ0n) is 13.2. The molecule has 0 aliphatic rings. The van der Waals surface area contributed by atoms with Gasteiger partial charge in [-0.2, -0.15) is 5.26 Å². The SMILES string of the molecule is Cc1ccc2c(c1)c(-c1ccccc1)cn1c(C)cc(C#N)c21. The van der Waals surface area contributed by atoms with Crippen molar-refractivity contribution in [3.8, 4) is 17.2 Å². The van der Waals surface area contributed by atoms with Crippen molar-refractivity contribution in [2.24, 2.45) is 0 Å². The number of benzene rings is 2. The van der Waals surface area contributed by atoms with Crippen LogP contribution in [0.2, 0.25) is 0 Å². The lowest BCUT2D eigenvalue weighted by molar-refractivity contribution is 1.12. The van der Waals surface area contributed by atoms with Crippen LogP contribution in [-0.2, 0) is 0 Å². The zero-order chi connectivity index (χ0) is 16.0. The summed E-state index contributed by atoms with van der Waals surface area (Å²) < 4.78 is 2.14. The zero-order valence-corrected chi connectivity index (χ0v) is 13.2. The van der Waals surface area contributed by atoms with Gasteiger partial charge < -0.3 is 4.40 Å². The predicted octanol–water partition coefficient (Wildman–Crippen LogP) is 5.25. The van der Waals surface area contributed by atoms with Gasteiger partial charge in [-0.3, -0.25) is 0 Å². The lowest BCUT2D eigenvalue weighted by atomic mass is 9.98. The molecule has 0 saturated carbocycles. The van der Waals surface area contributed by atoms with Crippen molar-refractivity contribution in [2.75, 3.05) is 0 Å². The van der Waals surface area contributed by atoms with E-state index in [1.165, 1.54) is 22.1 Å². The van der Waals surface area contributed by atoms with Crippen molar-refractivity contribution in [3.05, 3.63) is 77.6 Å². The highest BCUT2D eigenvalue weighted by Gasteiger charge is 2.14. The fourth-order valence-corrected chi connectivity index (χ4v) is 3.31. The Balaban J connectivity index is 2.24. The van der Waals surface area contributed by atoms with Crippen molar-refractivity contribution < 1.29 is 0 Å². The van der Waals surface area contributed by atoms with Crippen LogP contribution in [0.1, 0.15) is 16.8 Å². The Kier molecular flexibility index (Phi) is 2.96. The van der Waals surface area contributed by atoms with Crippen LogP contribution in [0.15, 0.2) is 60.8 Å². The maximum atomic E-state index is 9.49. The molecule has 0 aliphatic heterocycles. The van der Waals surface area contributed by atoms with E-state index in [9.17, 15) is 5.26 Å². The fourth-order valence-electron chi connectivity index (χ4n) is 3.31. The van der Waals surface area contributed by atoms with Crippen molar-refractivity contribution in [1.82, 2.24) is 4.40 Å². The summed E-state index contributed by atoms with van der Waals surface area (Å²) in [5.74, 6) is 0. The van der Waals surface area contributed by atoms with Gasteiger partial charge in [0.25, 0.3) is 0 Å². The molecule has 0 N–H and O–H groups in total. The lowest BCUT2D eigenvalue weighted by Gasteiger charge is -2.12. The van der Waals surface area contributed by atoms with Crippen molar-refractivity contribution in [1.29, 1.82) is 5.26 Å². The average Bonchev–Trinajstić information content (AvgIpc) is 2.91. The van der Waals surface area contributed by atoms with E-state index in [-0.39, 0.29) is 0 Å². The Labute approximate surface area is 135 Å². The molecule has 2 aromatic carbocycles. The second-order valence-electron chi connectivity index (χ2n) is 5.99. The topological polar surface area (TPSA) is 28.2 Å². The van der Waals surface area contributed by atoms with E-state index in [1.807, 2.05) is 19.1 Å². The highest BCUT2D eigenvalue weighted by molar-refractivity contribution is 6.06. The van der Waals surface area contributed by atoms with E-state index in [2.05, 4.69) is 66.1 Å². The maximum absolute atomic E-state index is 9.49. The summed E-state index contributed by atoms with van der Waals surface area (Å²) in [6, 6.07) is 21.2. The van der Waals surface area contributed by atoms with Gasteiger partial charge in [-0.25, -0.2) is 0 Å². The maximum Gasteiger partial charge on any atom is 0.101 e. The van der Waals surface area contributed by atoms with Gasteiger partial charge in [0, 0.05) is 22.8 Å². The average molecular weight is 296 g/mol. The first kappa shape index (κ1) is 13.6. The van der Waals surface area contributed by atoms with Crippen LogP contribution in [0.5, 0.6) is 0 Å². The molecule has 0 aliphatic carbocycles. The minimum atomic E-state index is 0.732. The smallest absolute Gasteiger partial charge is 0.101 e. The quantitative estimate of drug-likeness (QED) is 0.471. The molecule has 0 saturated heterocycles. The Morgan fingerprint density at radius 1 is 0.913 bits per heavy atom. The first-order valence-corrected chi connectivity index (χ1v) is 7.69. The number of fused-ring (bicyclic) bond motifs is 3. The Bertz CT molecular complexity index is 1080. The van der Waals surface area contributed by atoms with E-state index >= 15 is 0 Å². The van der Waals surface area contributed by atoms with Gasteiger partial charge in [-0.15, -0.1) is 0 Å². The first-order valence-electron chi connectivity index (χ1n) is 7.69. The summed E-state index contributed by atoms with van der Waals surface area (Å²) in [5.41, 5.74) is 6.42. The predicted molar refractivity (Wildman–Crippen MR) is 94.5 cm³/mol. The van der Waals surface area contributed by atoms with Gasteiger partial charge in [0.15, 0.2) is 0 Å². The van der Waals surface area contributed by atoms with Gasteiger partial charge >= 0.3 is 0 Å². The molecular formula is C21H16N2. The number of rotatable bonds is 1. The Morgan fingerprint density at radius 3 is 2.43 bits per heavy atom. The largest absolute Gasteiger partial charge is 0.319 e. The molecule has 2 heterocycles. The Morgan fingerprint density at radius 2 is 1.70 bits per heavy atom. The van der Waals surface area contributed by atoms with Crippen LogP contribution < -0.4 is 0 Å². The molecule has 4 aromatic rings. The second kappa shape index (κ2) is 5.00. The lowest BCUT2D eigenvalue weighted by Crippen LogP contribution is -1.93. The highest BCUT2D eigenvalue weighted by Crippen LogP contribution is 2.34.